The Morgan fingerprint density at radius 3 is 2.81 bits per heavy atom. The Balaban J connectivity index is 0.00000128. The van der Waals surface area contributed by atoms with E-state index < -0.39 is 5.97 Å². The fourth-order valence-corrected chi connectivity index (χ4v) is 2.68. The molecule has 1 aromatic carbocycles. The van der Waals surface area contributed by atoms with Crippen LogP contribution in [0.5, 0.6) is 0 Å². The number of aromatic nitrogens is 1. The van der Waals surface area contributed by atoms with Crippen LogP contribution in [0.4, 0.5) is 0 Å². The van der Waals surface area contributed by atoms with Crippen LogP contribution in [0, 0.1) is 6.92 Å². The van der Waals surface area contributed by atoms with Crippen LogP contribution in [0.3, 0.4) is 0 Å². The molecule has 3 nitrogen and oxygen atoms in total. The minimum absolute atomic E-state index is 0. The Labute approximate surface area is 108 Å². The smallest absolute Gasteiger partial charge is 0.309 e. The van der Waals surface area contributed by atoms with Crippen LogP contribution in [-0.4, -0.2) is 11.1 Å². The van der Waals surface area contributed by atoms with Gasteiger partial charge in [0.05, 0.1) is 0 Å². The summed E-state index contributed by atoms with van der Waals surface area (Å²) in [5.74, 6) is -0.753. The molecule has 0 aliphatic carbocycles. The van der Waals surface area contributed by atoms with Crippen LogP contribution in [0.15, 0.2) is 24.3 Å². The zero-order valence-corrected chi connectivity index (χ0v) is 11.2. The first kappa shape index (κ1) is 13.1. The fourth-order valence-electron chi connectivity index (χ4n) is 1.64. The Morgan fingerprint density at radius 2 is 2.12 bits per heavy atom. The van der Waals surface area contributed by atoms with Crippen LogP contribution in [-0.2, 0) is 11.3 Å². The molecule has 0 fully saturated rings. The molecule has 5 heteroatoms. The van der Waals surface area contributed by atoms with Crippen molar-refractivity contribution in [1.29, 1.82) is 0 Å². The minimum Gasteiger partial charge on any atom is -1.00 e. The third kappa shape index (κ3) is 2.59. The second-order valence-electron chi connectivity index (χ2n) is 3.38. The van der Waals surface area contributed by atoms with Crippen molar-refractivity contribution < 1.29 is 31.4 Å². The molecule has 16 heavy (non-hydrogen) atoms. The molecular weight excluding hydrogens is 290 g/mol. The highest BCUT2D eigenvalue weighted by Crippen LogP contribution is 2.19. The maximum Gasteiger partial charge on any atom is 0.309 e. The molecule has 0 aliphatic heterocycles. The number of para-hydroxylation sites is 1. The van der Waals surface area contributed by atoms with Crippen molar-refractivity contribution >= 4 is 27.5 Å². The molecular formula is C11H12BrNO2S. The van der Waals surface area contributed by atoms with Gasteiger partial charge in [0.25, 0.3) is 0 Å². The summed E-state index contributed by atoms with van der Waals surface area (Å²) in [4.78, 5) is 10.5. The molecule has 0 unspecified atom stereocenters. The highest BCUT2D eigenvalue weighted by Gasteiger charge is 2.16. The van der Waals surface area contributed by atoms with Gasteiger partial charge in [-0.15, -0.1) is 0 Å². The molecule has 0 saturated carbocycles. The van der Waals surface area contributed by atoms with E-state index in [9.17, 15) is 4.79 Å². The Hall–Kier alpha value is -0.940. The Kier molecular flexibility index (Phi) is 4.44. The Bertz CT molecular complexity index is 510. The number of aryl methyl sites for hydroxylation is 2. The van der Waals surface area contributed by atoms with Gasteiger partial charge >= 0.3 is 5.97 Å². The predicted molar refractivity (Wildman–Crippen MR) is 59.0 cm³/mol. The number of benzene rings is 1. The van der Waals surface area contributed by atoms with E-state index in [-0.39, 0.29) is 23.4 Å². The summed E-state index contributed by atoms with van der Waals surface area (Å²) in [7, 11) is 0. The minimum atomic E-state index is -0.753. The summed E-state index contributed by atoms with van der Waals surface area (Å²) in [6.45, 7) is 2.57. The van der Waals surface area contributed by atoms with Crippen molar-refractivity contribution in [1.82, 2.24) is 0 Å². The number of rotatable bonds is 3. The fraction of sp³-hybridized carbons (Fsp3) is 0.273. The molecule has 0 aliphatic rings. The second kappa shape index (κ2) is 5.41. The molecule has 2 rings (SSSR count). The van der Waals surface area contributed by atoms with Gasteiger partial charge in [-0.05, 0) is 6.07 Å². The summed E-state index contributed by atoms with van der Waals surface area (Å²) in [5, 5.41) is 9.82. The van der Waals surface area contributed by atoms with Gasteiger partial charge in [-0.2, -0.15) is 4.57 Å². The van der Waals surface area contributed by atoms with Crippen molar-refractivity contribution in [2.75, 3.05) is 0 Å². The first-order valence-corrected chi connectivity index (χ1v) is 5.60. The van der Waals surface area contributed by atoms with E-state index >= 15 is 0 Å². The first-order valence-electron chi connectivity index (χ1n) is 4.78. The van der Waals surface area contributed by atoms with Crippen LogP contribution in [0.2, 0.25) is 0 Å². The van der Waals surface area contributed by atoms with Gasteiger partial charge in [-0.3, -0.25) is 4.79 Å². The number of hydrogen-bond donors (Lipinski definition) is 1. The van der Waals surface area contributed by atoms with Crippen LogP contribution >= 0.6 is 11.3 Å². The van der Waals surface area contributed by atoms with Gasteiger partial charge in [-0.25, -0.2) is 0 Å². The number of fused-ring (bicyclic) bond motifs is 1. The number of nitrogens with zero attached hydrogens (tertiary/aromatic N) is 1. The molecule has 0 radical (unpaired) electrons. The molecule has 0 amide bonds. The standard InChI is InChI=1S/C11H11NO2S.BrH/c1-8-12(7-6-11(13)14)9-4-2-3-5-10(9)15-8;/h2-5H,6-7H2,1H3;1H. The van der Waals surface area contributed by atoms with E-state index in [0.717, 1.165) is 10.5 Å². The Morgan fingerprint density at radius 1 is 1.44 bits per heavy atom. The number of halogens is 1. The molecule has 86 valence electrons. The highest BCUT2D eigenvalue weighted by atomic mass is 79.9. The molecule has 2 aromatic rings. The van der Waals surface area contributed by atoms with Crippen molar-refractivity contribution in [3.8, 4) is 0 Å². The number of hydrogen-bond acceptors (Lipinski definition) is 2. The zero-order chi connectivity index (χ0) is 10.8. The number of thiazole rings is 1. The molecule has 1 heterocycles. The zero-order valence-electron chi connectivity index (χ0n) is 8.81. The van der Waals surface area contributed by atoms with Crippen molar-refractivity contribution in [2.24, 2.45) is 0 Å². The number of carbonyl (C=O) groups is 1. The largest absolute Gasteiger partial charge is 1.00 e. The summed E-state index contributed by atoms with van der Waals surface area (Å²) in [6, 6.07) is 8.07. The van der Waals surface area contributed by atoms with E-state index in [2.05, 4.69) is 10.6 Å². The summed E-state index contributed by atoms with van der Waals surface area (Å²) >= 11 is 1.70. The summed E-state index contributed by atoms with van der Waals surface area (Å²) < 4.78 is 3.27. The van der Waals surface area contributed by atoms with Crippen LogP contribution < -0.4 is 21.5 Å². The van der Waals surface area contributed by atoms with Crippen LogP contribution in [0.25, 0.3) is 10.2 Å². The molecule has 1 N–H and O–H groups in total. The van der Waals surface area contributed by atoms with Gasteiger partial charge in [0, 0.05) is 13.0 Å². The predicted octanol–water partition coefficient (Wildman–Crippen LogP) is -1.02. The lowest BCUT2D eigenvalue weighted by atomic mass is 10.3. The lowest BCUT2D eigenvalue weighted by Crippen LogP contribution is -3.00. The molecule has 1 aromatic heterocycles. The monoisotopic (exact) mass is 301 g/mol. The maximum absolute atomic E-state index is 10.5. The number of carboxylic acid groups (broad SMARTS) is 1. The van der Waals surface area contributed by atoms with Gasteiger partial charge in [0.15, 0.2) is 6.54 Å². The summed E-state index contributed by atoms with van der Waals surface area (Å²) in [6.07, 6.45) is 0.173. The van der Waals surface area contributed by atoms with Gasteiger partial charge < -0.3 is 22.1 Å². The van der Waals surface area contributed by atoms with Gasteiger partial charge in [0.1, 0.15) is 11.1 Å². The van der Waals surface area contributed by atoms with E-state index in [0.29, 0.717) is 6.54 Å². The highest BCUT2D eigenvalue weighted by molar-refractivity contribution is 7.18. The van der Waals surface area contributed by atoms with Crippen molar-refractivity contribution in [3.05, 3.63) is 29.3 Å². The molecule has 0 saturated heterocycles. The maximum atomic E-state index is 10.5. The van der Waals surface area contributed by atoms with E-state index in [1.54, 1.807) is 11.3 Å². The average Bonchev–Trinajstić information content (AvgIpc) is 2.50. The second-order valence-corrected chi connectivity index (χ2v) is 4.62. The molecule has 0 atom stereocenters. The van der Waals surface area contributed by atoms with E-state index in [4.69, 9.17) is 5.11 Å². The van der Waals surface area contributed by atoms with Gasteiger partial charge in [-0.1, -0.05) is 23.5 Å². The van der Waals surface area contributed by atoms with Gasteiger partial charge in [0.2, 0.25) is 10.5 Å². The SMILES string of the molecule is Cc1sc2ccccc2[n+]1CCC(=O)O.[Br-]. The van der Waals surface area contributed by atoms with E-state index in [1.165, 1.54) is 4.70 Å². The number of aliphatic carboxylic acids is 1. The third-order valence-electron chi connectivity index (χ3n) is 2.34. The number of carboxylic acids is 1. The lowest BCUT2D eigenvalue weighted by Gasteiger charge is -1.93. The van der Waals surface area contributed by atoms with Crippen molar-refractivity contribution in [2.45, 2.75) is 19.9 Å². The average molecular weight is 302 g/mol. The quantitative estimate of drug-likeness (QED) is 0.737. The van der Waals surface area contributed by atoms with E-state index in [1.807, 2.05) is 25.1 Å². The van der Waals surface area contributed by atoms with Crippen LogP contribution in [0.1, 0.15) is 11.4 Å². The topological polar surface area (TPSA) is 41.2 Å². The third-order valence-corrected chi connectivity index (χ3v) is 3.42. The lowest BCUT2D eigenvalue weighted by molar-refractivity contribution is -0.671. The first-order chi connectivity index (χ1) is 7.18. The molecule has 0 bridgehead atoms. The molecule has 0 spiro atoms. The normalized spacial score (nSPS) is 10.1. The summed E-state index contributed by atoms with van der Waals surface area (Å²) in [5.41, 5.74) is 1.13. The van der Waals surface area contributed by atoms with Crippen molar-refractivity contribution in [3.63, 3.8) is 0 Å².